The number of hydrogen-bond donors (Lipinski definition) is 0. The highest BCUT2D eigenvalue weighted by atomic mass is 32.1. The highest BCUT2D eigenvalue weighted by Gasteiger charge is 2.22. The topological polar surface area (TPSA) is 92.5 Å². The van der Waals surface area contributed by atoms with Crippen LogP contribution in [0.5, 0.6) is 0 Å². The number of hydrogen-bond acceptors (Lipinski definition) is 7. The molecule has 3 aromatic rings. The highest BCUT2D eigenvalue weighted by Crippen LogP contribution is 2.21. The molecule has 1 aliphatic rings. The second kappa shape index (κ2) is 9.65. The molecule has 10 heteroatoms. The Balaban J connectivity index is 1.29. The minimum Gasteiger partial charge on any atom is -0.343 e. The van der Waals surface area contributed by atoms with E-state index >= 15 is 0 Å². The number of amides is 1. The molecule has 0 spiro atoms. The summed E-state index contributed by atoms with van der Waals surface area (Å²) in [7, 11) is 0. The number of carbonyl (C=O) groups excluding carboxylic acids is 1. The third-order valence-corrected chi connectivity index (χ3v) is 5.93. The summed E-state index contributed by atoms with van der Waals surface area (Å²) in [5.74, 6) is 0.328. The van der Waals surface area contributed by atoms with Crippen LogP contribution in [-0.4, -0.2) is 51.3 Å². The number of halogens is 1. The molecule has 0 radical (unpaired) electrons. The van der Waals surface area contributed by atoms with Crippen LogP contribution in [-0.2, 0) is 11.2 Å². The third-order valence-electron chi connectivity index (χ3n) is 5.12. The third kappa shape index (κ3) is 5.33. The van der Waals surface area contributed by atoms with Crippen LogP contribution in [0.3, 0.4) is 0 Å². The highest BCUT2D eigenvalue weighted by molar-refractivity contribution is 7.09. The van der Waals surface area contributed by atoms with Crippen LogP contribution in [0.15, 0.2) is 54.6 Å². The van der Waals surface area contributed by atoms with Gasteiger partial charge in [0.25, 0.3) is 5.69 Å². The number of rotatable bonds is 6. The average Bonchev–Trinajstić information content (AvgIpc) is 3.28. The van der Waals surface area contributed by atoms with Crippen LogP contribution in [0, 0.1) is 15.9 Å². The molecule has 0 aliphatic carbocycles. The molecule has 4 rings (SSSR count). The first kappa shape index (κ1) is 21.6. The smallest absolute Gasteiger partial charge is 0.269 e. The molecule has 1 aromatic heterocycles. The van der Waals surface area contributed by atoms with Crippen molar-refractivity contribution in [3.8, 4) is 0 Å². The number of non-ortho nitro benzene ring substituents is 1. The number of nitro benzene ring substituents is 1. The first-order valence-electron chi connectivity index (χ1n) is 10.0. The molecule has 0 unspecified atom stereocenters. The van der Waals surface area contributed by atoms with E-state index in [1.165, 1.54) is 41.9 Å². The van der Waals surface area contributed by atoms with E-state index in [1.807, 2.05) is 0 Å². The summed E-state index contributed by atoms with van der Waals surface area (Å²) in [6, 6.07) is 12.3. The number of anilines is 1. The van der Waals surface area contributed by atoms with Crippen molar-refractivity contribution in [3.63, 3.8) is 0 Å². The van der Waals surface area contributed by atoms with Gasteiger partial charge in [0.2, 0.25) is 11.0 Å². The molecule has 0 N–H and O–H groups in total. The quantitative estimate of drug-likeness (QED) is 0.322. The fourth-order valence-corrected chi connectivity index (χ4v) is 4.06. The fraction of sp³-hybridized carbons (Fsp3) is 0.227. The lowest BCUT2D eigenvalue weighted by Gasteiger charge is -2.33. The van der Waals surface area contributed by atoms with Gasteiger partial charge in [-0.3, -0.25) is 14.9 Å². The van der Waals surface area contributed by atoms with Crippen molar-refractivity contribution in [2.75, 3.05) is 31.1 Å². The van der Waals surface area contributed by atoms with Gasteiger partial charge in [0.15, 0.2) is 0 Å². The maximum absolute atomic E-state index is 13.0. The zero-order chi connectivity index (χ0) is 22.5. The van der Waals surface area contributed by atoms with Gasteiger partial charge < -0.3 is 9.80 Å². The molecular weight excluding hydrogens is 433 g/mol. The van der Waals surface area contributed by atoms with E-state index in [0.717, 1.165) is 16.3 Å². The summed E-state index contributed by atoms with van der Waals surface area (Å²) in [5, 5.41) is 11.5. The largest absolute Gasteiger partial charge is 0.343 e. The number of nitrogens with zero attached hydrogens (tertiary/aromatic N) is 5. The van der Waals surface area contributed by atoms with Crippen LogP contribution in [0.1, 0.15) is 17.0 Å². The van der Waals surface area contributed by atoms with Crippen molar-refractivity contribution >= 4 is 34.3 Å². The van der Waals surface area contributed by atoms with Gasteiger partial charge >= 0.3 is 0 Å². The second-order valence-corrected chi connectivity index (χ2v) is 8.02. The summed E-state index contributed by atoms with van der Waals surface area (Å²) in [5.41, 5.74) is 1.69. The van der Waals surface area contributed by atoms with Crippen molar-refractivity contribution in [1.82, 2.24) is 14.3 Å². The predicted molar refractivity (Wildman–Crippen MR) is 120 cm³/mol. The maximum atomic E-state index is 13.0. The Morgan fingerprint density at radius 2 is 1.78 bits per heavy atom. The van der Waals surface area contributed by atoms with Gasteiger partial charge in [-0.05, 0) is 41.5 Å². The van der Waals surface area contributed by atoms with Crippen LogP contribution in [0.25, 0.3) is 6.08 Å². The molecule has 0 atom stereocenters. The molecule has 1 saturated heterocycles. The van der Waals surface area contributed by atoms with Crippen LogP contribution in [0.2, 0.25) is 0 Å². The second-order valence-electron chi connectivity index (χ2n) is 7.29. The van der Waals surface area contributed by atoms with Crippen molar-refractivity contribution in [2.24, 2.45) is 0 Å². The van der Waals surface area contributed by atoms with E-state index < -0.39 is 4.92 Å². The Morgan fingerprint density at radius 1 is 1.09 bits per heavy atom. The minimum atomic E-state index is -0.456. The summed E-state index contributed by atoms with van der Waals surface area (Å²) >= 11 is 1.32. The molecule has 2 heterocycles. The van der Waals surface area contributed by atoms with Crippen molar-refractivity contribution in [2.45, 2.75) is 6.42 Å². The van der Waals surface area contributed by atoms with Gasteiger partial charge in [-0.15, -0.1) is 0 Å². The Hall–Kier alpha value is -3.66. The number of benzene rings is 2. The lowest BCUT2D eigenvalue weighted by atomic mass is 10.1. The maximum Gasteiger partial charge on any atom is 0.269 e. The van der Waals surface area contributed by atoms with Crippen LogP contribution >= 0.6 is 11.5 Å². The summed E-state index contributed by atoms with van der Waals surface area (Å²) in [4.78, 5) is 31.2. The zero-order valence-corrected chi connectivity index (χ0v) is 17.9. The average molecular weight is 453 g/mol. The van der Waals surface area contributed by atoms with Gasteiger partial charge in [0.05, 0.1) is 4.92 Å². The van der Waals surface area contributed by atoms with E-state index in [1.54, 1.807) is 35.2 Å². The molecule has 1 fully saturated rings. The Labute approximate surface area is 187 Å². The van der Waals surface area contributed by atoms with E-state index in [2.05, 4.69) is 14.3 Å². The normalized spacial score (nSPS) is 14.2. The molecule has 164 valence electrons. The summed E-state index contributed by atoms with van der Waals surface area (Å²) in [6.07, 6.45) is 3.69. The molecule has 2 aromatic carbocycles. The number of piperazine rings is 1. The molecule has 32 heavy (non-hydrogen) atoms. The van der Waals surface area contributed by atoms with Crippen LogP contribution < -0.4 is 4.90 Å². The van der Waals surface area contributed by atoms with E-state index in [0.29, 0.717) is 38.4 Å². The summed E-state index contributed by atoms with van der Waals surface area (Å²) in [6.45, 7) is 2.44. The van der Waals surface area contributed by atoms with Crippen molar-refractivity contribution < 1.29 is 14.1 Å². The van der Waals surface area contributed by atoms with Gasteiger partial charge in [0.1, 0.15) is 11.6 Å². The molecule has 1 amide bonds. The molecule has 0 bridgehead atoms. The fourth-order valence-electron chi connectivity index (χ4n) is 3.33. The van der Waals surface area contributed by atoms with Crippen molar-refractivity contribution in [3.05, 3.63) is 87.5 Å². The monoisotopic (exact) mass is 453 g/mol. The lowest BCUT2D eigenvalue weighted by Crippen LogP contribution is -2.48. The van der Waals surface area contributed by atoms with Gasteiger partial charge in [0, 0.05) is 62.3 Å². The molecule has 8 nitrogen and oxygen atoms in total. The lowest BCUT2D eigenvalue weighted by molar-refractivity contribution is -0.384. The first-order chi connectivity index (χ1) is 15.5. The standard InChI is InChI=1S/C22H20FN5O3S/c23-18-6-1-17(2-7-18)15-20-24-22(32-25-20)27-13-11-26(12-14-27)21(29)10-5-16-3-8-19(9-4-16)28(30)31/h1-10H,11-15H2. The van der Waals surface area contributed by atoms with E-state index in [-0.39, 0.29) is 17.4 Å². The molecule has 1 aliphatic heterocycles. The molecular formula is C22H20FN5O3S. The van der Waals surface area contributed by atoms with E-state index in [9.17, 15) is 19.3 Å². The number of nitro groups is 1. The summed E-state index contributed by atoms with van der Waals surface area (Å²) < 4.78 is 17.5. The number of aromatic nitrogens is 2. The SMILES string of the molecule is O=C(C=Cc1ccc([N+](=O)[O-])cc1)N1CCN(c2nc(Cc3ccc(F)cc3)ns2)CC1. The van der Waals surface area contributed by atoms with Crippen LogP contribution in [0.4, 0.5) is 15.2 Å². The Morgan fingerprint density at radius 3 is 2.44 bits per heavy atom. The first-order valence-corrected chi connectivity index (χ1v) is 10.8. The van der Waals surface area contributed by atoms with Gasteiger partial charge in [-0.1, -0.05) is 12.1 Å². The predicted octanol–water partition coefficient (Wildman–Crippen LogP) is 3.54. The zero-order valence-electron chi connectivity index (χ0n) is 17.1. The molecule has 0 saturated carbocycles. The van der Waals surface area contributed by atoms with Gasteiger partial charge in [-0.2, -0.15) is 4.37 Å². The van der Waals surface area contributed by atoms with Crippen molar-refractivity contribution in [1.29, 1.82) is 0 Å². The minimum absolute atomic E-state index is 0.0158. The van der Waals surface area contributed by atoms with E-state index in [4.69, 9.17) is 0 Å². The van der Waals surface area contributed by atoms with Gasteiger partial charge in [-0.25, -0.2) is 9.37 Å². The Kier molecular flexibility index (Phi) is 6.50. The number of carbonyl (C=O) groups is 1. The Bertz CT molecular complexity index is 1120.